The van der Waals surface area contributed by atoms with Crippen LogP contribution in [-0.2, 0) is 14.3 Å². The molecule has 0 radical (unpaired) electrons. The first kappa shape index (κ1) is 63.0. The van der Waals surface area contributed by atoms with E-state index in [1.807, 2.05) is 18.2 Å². The largest absolute Gasteiger partial charge is 0.461 e. The van der Waals surface area contributed by atoms with Crippen LogP contribution in [0.5, 0.6) is 0 Å². The Morgan fingerprint density at radius 1 is 0.463 bits per heavy atom. The Kier molecular flexibility index (Phi) is 49.8. The van der Waals surface area contributed by atoms with Crippen molar-refractivity contribution in [3.05, 3.63) is 134 Å². The summed E-state index contributed by atoms with van der Waals surface area (Å²) in [6, 6.07) is -0.757. The third-order valence-corrected chi connectivity index (χ3v) is 11.2. The molecular formula is C61H99NO5. The highest BCUT2D eigenvalue weighted by Crippen LogP contribution is 2.15. The normalized spacial score (nSPS) is 14.3. The summed E-state index contributed by atoms with van der Waals surface area (Å²) in [5.74, 6) is -0.692. The Balaban J connectivity index is 4.84. The fraction of sp³-hybridized carbons (Fsp3) is 0.607. The van der Waals surface area contributed by atoms with Crippen LogP contribution in [0.4, 0.5) is 0 Å². The maximum absolute atomic E-state index is 13.2. The van der Waals surface area contributed by atoms with E-state index in [1.165, 1.54) is 70.6 Å². The van der Waals surface area contributed by atoms with E-state index in [0.717, 1.165) is 89.9 Å². The van der Waals surface area contributed by atoms with Gasteiger partial charge in [-0.1, -0.05) is 244 Å². The van der Waals surface area contributed by atoms with Gasteiger partial charge < -0.3 is 20.3 Å². The Morgan fingerprint density at radius 3 is 1.18 bits per heavy atom. The molecule has 0 spiro atoms. The summed E-state index contributed by atoms with van der Waals surface area (Å²) in [6.07, 6.45) is 75.4. The van der Waals surface area contributed by atoms with Crippen molar-refractivity contribution >= 4 is 11.9 Å². The van der Waals surface area contributed by atoms with Crippen molar-refractivity contribution in [2.45, 2.75) is 232 Å². The first-order chi connectivity index (χ1) is 33.0. The first-order valence-corrected chi connectivity index (χ1v) is 26.9. The molecule has 0 heterocycles. The van der Waals surface area contributed by atoms with Crippen molar-refractivity contribution in [2.24, 2.45) is 0 Å². The van der Waals surface area contributed by atoms with E-state index >= 15 is 0 Å². The molecule has 0 saturated heterocycles. The van der Waals surface area contributed by atoms with Crippen LogP contribution in [0.1, 0.15) is 213 Å². The van der Waals surface area contributed by atoms with Crippen LogP contribution >= 0.6 is 0 Å². The van der Waals surface area contributed by atoms with Gasteiger partial charge in [0, 0.05) is 12.8 Å². The van der Waals surface area contributed by atoms with E-state index in [2.05, 4.69) is 142 Å². The van der Waals surface area contributed by atoms with E-state index < -0.39 is 18.2 Å². The fourth-order valence-electron chi connectivity index (χ4n) is 7.24. The SMILES string of the molecule is CC/C=C\C/C=C\C/C=C\C/C=C\C/C=C\C/C=C\CCC(=O)OC(C/C=C\C/C=C\C/C=C\C/C=C\C/C=C\CC)CC(=O)NC(CO)C(O)CCCCCCCCCCCCCCCC. The molecule has 6 heteroatoms. The van der Waals surface area contributed by atoms with E-state index in [1.54, 1.807) is 0 Å². The second kappa shape index (κ2) is 53.0. The Hall–Kier alpha value is -4.00. The lowest BCUT2D eigenvalue weighted by Crippen LogP contribution is -2.46. The summed E-state index contributed by atoms with van der Waals surface area (Å²) in [5, 5.41) is 23.8. The predicted molar refractivity (Wildman–Crippen MR) is 291 cm³/mol. The topological polar surface area (TPSA) is 95.9 Å². The molecule has 3 unspecified atom stereocenters. The molecule has 3 N–H and O–H groups in total. The maximum Gasteiger partial charge on any atom is 0.306 e. The molecule has 67 heavy (non-hydrogen) atoms. The van der Waals surface area contributed by atoms with Crippen LogP contribution in [0.3, 0.4) is 0 Å². The average molecular weight is 926 g/mol. The number of carbonyl (C=O) groups is 2. The zero-order valence-corrected chi connectivity index (χ0v) is 43.0. The monoisotopic (exact) mass is 926 g/mol. The molecule has 0 aliphatic carbocycles. The molecule has 0 fully saturated rings. The summed E-state index contributed by atoms with van der Waals surface area (Å²) in [4.78, 5) is 26.1. The van der Waals surface area contributed by atoms with E-state index in [4.69, 9.17) is 4.74 Å². The van der Waals surface area contributed by atoms with Gasteiger partial charge in [0.2, 0.25) is 5.91 Å². The number of amides is 1. The molecular weight excluding hydrogens is 827 g/mol. The van der Waals surface area contributed by atoms with Gasteiger partial charge in [-0.3, -0.25) is 9.59 Å². The van der Waals surface area contributed by atoms with E-state index in [9.17, 15) is 19.8 Å². The van der Waals surface area contributed by atoms with Gasteiger partial charge in [-0.05, 0) is 83.5 Å². The van der Waals surface area contributed by atoms with Gasteiger partial charge in [-0.25, -0.2) is 0 Å². The first-order valence-electron chi connectivity index (χ1n) is 26.9. The van der Waals surface area contributed by atoms with Gasteiger partial charge in [0.15, 0.2) is 0 Å². The zero-order chi connectivity index (χ0) is 48.8. The number of carbonyl (C=O) groups excluding carboxylic acids is 2. The fourth-order valence-corrected chi connectivity index (χ4v) is 7.24. The molecule has 0 saturated carbocycles. The van der Waals surface area contributed by atoms with Crippen molar-refractivity contribution in [2.75, 3.05) is 6.61 Å². The molecule has 0 aromatic rings. The number of hydrogen-bond acceptors (Lipinski definition) is 5. The van der Waals surface area contributed by atoms with Gasteiger partial charge >= 0.3 is 5.97 Å². The molecule has 378 valence electrons. The van der Waals surface area contributed by atoms with Crippen molar-refractivity contribution in [3.8, 4) is 0 Å². The molecule has 3 atom stereocenters. The maximum atomic E-state index is 13.2. The second-order valence-corrected chi connectivity index (χ2v) is 17.5. The minimum Gasteiger partial charge on any atom is -0.461 e. The summed E-state index contributed by atoms with van der Waals surface area (Å²) >= 11 is 0. The lowest BCUT2D eigenvalue weighted by Gasteiger charge is -2.24. The Morgan fingerprint density at radius 2 is 0.806 bits per heavy atom. The van der Waals surface area contributed by atoms with Crippen molar-refractivity contribution in [1.29, 1.82) is 0 Å². The number of allylic oxidation sites excluding steroid dienone is 21. The standard InChI is InChI=1S/C61H99NO5/c1-4-7-10-13-16-19-22-25-28-29-30-31-33-36-39-42-45-48-51-54-61(66)67-57(52-49-46-43-40-37-34-32-26-23-20-17-14-11-8-5-2)55-60(65)62-58(56-63)59(64)53-50-47-44-41-38-35-27-24-21-18-15-12-9-6-3/h7-8,10-11,16-17,19-20,25-26,28,30-32,36-37,39-40,45-46,48-49,57-59,63-64H,4-6,9,12-15,18,21-24,27,29,33-35,38,41-44,47,50-56H2,1-3H3,(H,62,65)/b10-7-,11-8-,19-16-,20-17-,28-25-,31-30-,32-26-,39-36-,40-37-,48-45-,49-46-. The molecule has 0 rings (SSSR count). The number of esters is 1. The average Bonchev–Trinajstić information content (AvgIpc) is 3.32. The molecule has 0 aromatic carbocycles. The number of ether oxygens (including phenoxy) is 1. The molecule has 0 aliphatic rings. The highest BCUT2D eigenvalue weighted by atomic mass is 16.5. The minimum absolute atomic E-state index is 0.0396. The van der Waals surface area contributed by atoms with E-state index in [0.29, 0.717) is 19.3 Å². The van der Waals surface area contributed by atoms with Gasteiger partial charge in [0.1, 0.15) is 6.10 Å². The van der Waals surface area contributed by atoms with Crippen molar-refractivity contribution < 1.29 is 24.5 Å². The third kappa shape index (κ3) is 48.3. The molecule has 0 aliphatic heterocycles. The van der Waals surface area contributed by atoms with Gasteiger partial charge in [0.25, 0.3) is 0 Å². The summed E-state index contributed by atoms with van der Waals surface area (Å²) in [5.41, 5.74) is 0. The van der Waals surface area contributed by atoms with Crippen LogP contribution in [0.15, 0.2) is 134 Å². The van der Waals surface area contributed by atoms with Crippen LogP contribution in [0.2, 0.25) is 0 Å². The quantitative estimate of drug-likeness (QED) is 0.0321. The van der Waals surface area contributed by atoms with Crippen molar-refractivity contribution in [3.63, 3.8) is 0 Å². The van der Waals surface area contributed by atoms with Crippen molar-refractivity contribution in [1.82, 2.24) is 5.32 Å². The van der Waals surface area contributed by atoms with Crippen LogP contribution < -0.4 is 5.32 Å². The lowest BCUT2D eigenvalue weighted by atomic mass is 10.0. The molecule has 1 amide bonds. The van der Waals surface area contributed by atoms with Gasteiger partial charge in [-0.2, -0.15) is 0 Å². The number of rotatable bonds is 46. The van der Waals surface area contributed by atoms with Crippen LogP contribution in [0.25, 0.3) is 0 Å². The lowest BCUT2D eigenvalue weighted by molar-refractivity contribution is -0.150. The number of hydrogen-bond donors (Lipinski definition) is 3. The number of aliphatic hydroxyl groups excluding tert-OH is 2. The number of aliphatic hydroxyl groups is 2. The third-order valence-electron chi connectivity index (χ3n) is 11.2. The highest BCUT2D eigenvalue weighted by Gasteiger charge is 2.23. The van der Waals surface area contributed by atoms with E-state index in [-0.39, 0.29) is 31.3 Å². The van der Waals surface area contributed by atoms with Crippen LogP contribution in [0, 0.1) is 0 Å². The Bertz CT molecular complexity index is 1460. The van der Waals surface area contributed by atoms with Gasteiger partial charge in [-0.15, -0.1) is 0 Å². The molecule has 6 nitrogen and oxygen atoms in total. The Labute approximate surface area is 412 Å². The molecule has 0 bridgehead atoms. The smallest absolute Gasteiger partial charge is 0.306 e. The molecule has 0 aromatic heterocycles. The minimum atomic E-state index is -0.834. The summed E-state index contributed by atoms with van der Waals surface area (Å²) in [7, 11) is 0. The van der Waals surface area contributed by atoms with Gasteiger partial charge in [0.05, 0.1) is 25.2 Å². The van der Waals surface area contributed by atoms with Crippen LogP contribution in [-0.4, -0.2) is 46.9 Å². The number of unbranched alkanes of at least 4 members (excludes halogenated alkanes) is 13. The zero-order valence-electron chi connectivity index (χ0n) is 43.0. The summed E-state index contributed by atoms with van der Waals surface area (Å²) in [6.45, 7) is 6.20. The second-order valence-electron chi connectivity index (χ2n) is 17.5. The number of nitrogens with one attached hydrogen (secondary N) is 1. The highest BCUT2D eigenvalue weighted by molar-refractivity contribution is 5.77. The summed E-state index contributed by atoms with van der Waals surface area (Å²) < 4.78 is 5.83. The predicted octanol–water partition coefficient (Wildman–Crippen LogP) is 16.6.